The first-order chi connectivity index (χ1) is 57.3. The van der Waals surface area contributed by atoms with E-state index < -0.39 is 30.6 Å². The van der Waals surface area contributed by atoms with Gasteiger partial charge >= 0.3 is 0 Å². The Kier molecular flexibility index (Phi) is 25.4. The average Bonchev–Trinajstić information content (AvgIpc) is 1.65. The summed E-state index contributed by atoms with van der Waals surface area (Å²) in [4.78, 5) is 109. The van der Waals surface area contributed by atoms with Crippen LogP contribution in [0.1, 0.15) is 233 Å². The molecule has 8 aliphatic heterocycles. The second kappa shape index (κ2) is 37.2. The fourth-order valence-electron chi connectivity index (χ4n) is 16.6. The van der Waals surface area contributed by atoms with E-state index in [-0.39, 0.29) is 71.7 Å². The van der Waals surface area contributed by atoms with E-state index in [1.807, 2.05) is 97.1 Å². The Labute approximate surface area is 679 Å². The van der Waals surface area contributed by atoms with Crippen LogP contribution in [0.5, 0.6) is 23.0 Å². The summed E-state index contributed by atoms with van der Waals surface area (Å²) in [5.74, 6) is 0.673. The molecule has 0 N–H and O–H groups in total. The highest BCUT2D eigenvalue weighted by Gasteiger charge is 2.41. The molecular formula is C93H96N4O20. The lowest BCUT2D eigenvalue weighted by Crippen LogP contribution is -2.30. The maximum Gasteiger partial charge on any atom is 0.261 e. The standard InChI is InChI=1S/C93H96N4O20/c98-81-73-21-1-2-22-74(73)82(99)94(81)49-13-9-17-69-57-110-89(114-69)61-29-37-65(38-30-61)106-53-45-93(46-54-107-66-39-31-62(32-40-66)90-111-58-70(115-90)18-10-14-50-95-83(100)75-23-3-4-24-76(75)84(95)101,47-55-108-67-41-33-63(34-42-67)91-112-59-71(116-91)19-11-15-51-96-85(102)77-25-5-6-26-78(77)86(96)103)48-56-109-68-43-35-64(36-44-68)92-113-60-72(117-92)20-12-16-52-97-87(104)79-27-7-8-28-80(79)88(97)105/h1-8,21-44,69-72,89-92H,9-20,45-60H2. The molecule has 0 bridgehead atoms. The van der Waals surface area contributed by atoms with Crippen molar-refractivity contribution in [1.29, 1.82) is 0 Å². The number of benzene rings is 8. The van der Waals surface area contributed by atoms with Crippen molar-refractivity contribution in [2.75, 3.05) is 79.0 Å². The predicted molar refractivity (Wildman–Crippen MR) is 426 cm³/mol. The molecule has 4 saturated heterocycles. The highest BCUT2D eigenvalue weighted by molar-refractivity contribution is 6.23. The van der Waals surface area contributed by atoms with Gasteiger partial charge < -0.3 is 56.8 Å². The summed E-state index contributed by atoms with van der Waals surface area (Å²) in [6, 6.07) is 58.8. The highest BCUT2D eigenvalue weighted by atomic mass is 16.7. The molecule has 0 saturated carbocycles. The van der Waals surface area contributed by atoms with Gasteiger partial charge in [-0.25, -0.2) is 0 Å². The van der Waals surface area contributed by atoms with Crippen LogP contribution in [0.4, 0.5) is 0 Å². The van der Waals surface area contributed by atoms with Crippen LogP contribution in [0, 0.1) is 5.41 Å². The minimum atomic E-state index is -0.565. The molecule has 4 fully saturated rings. The lowest BCUT2D eigenvalue weighted by molar-refractivity contribution is -0.0616. The van der Waals surface area contributed by atoms with Gasteiger partial charge in [0, 0.05) is 48.4 Å². The molecule has 8 unspecified atom stereocenters. The van der Waals surface area contributed by atoms with Gasteiger partial charge in [-0.15, -0.1) is 0 Å². The van der Waals surface area contributed by atoms with Crippen LogP contribution in [0.3, 0.4) is 0 Å². The summed E-state index contributed by atoms with van der Waals surface area (Å²) in [5, 5.41) is 0. The molecule has 8 aliphatic rings. The van der Waals surface area contributed by atoms with Crippen molar-refractivity contribution in [3.8, 4) is 23.0 Å². The monoisotopic (exact) mass is 1590 g/mol. The van der Waals surface area contributed by atoms with Gasteiger partial charge in [-0.1, -0.05) is 97.1 Å². The molecule has 24 heteroatoms. The highest BCUT2D eigenvalue weighted by Crippen LogP contribution is 2.40. The van der Waals surface area contributed by atoms with Crippen molar-refractivity contribution >= 4 is 47.3 Å². The Hall–Kier alpha value is -10.8. The Morgan fingerprint density at radius 1 is 0.256 bits per heavy atom. The first-order valence-electron chi connectivity index (χ1n) is 41.1. The van der Waals surface area contributed by atoms with E-state index in [4.69, 9.17) is 56.8 Å². The molecule has 0 spiro atoms. The molecule has 8 aromatic rings. The minimum absolute atomic E-state index is 0.147. The summed E-state index contributed by atoms with van der Waals surface area (Å²) in [6.45, 7) is 4.40. The van der Waals surface area contributed by atoms with Crippen LogP contribution < -0.4 is 18.9 Å². The molecule has 8 amide bonds. The second-order valence-corrected chi connectivity index (χ2v) is 31.1. The lowest BCUT2D eigenvalue weighted by Gasteiger charge is -2.34. The third-order valence-corrected chi connectivity index (χ3v) is 23.4. The Morgan fingerprint density at radius 3 is 0.632 bits per heavy atom. The van der Waals surface area contributed by atoms with E-state index in [9.17, 15) is 38.4 Å². The Bertz CT molecular complexity index is 4130. The Balaban J connectivity index is 0.553. The van der Waals surface area contributed by atoms with Gasteiger partial charge in [0.25, 0.3) is 47.3 Å². The molecule has 117 heavy (non-hydrogen) atoms. The van der Waals surface area contributed by atoms with E-state index in [1.54, 1.807) is 97.1 Å². The second-order valence-electron chi connectivity index (χ2n) is 31.1. The van der Waals surface area contributed by atoms with Crippen molar-refractivity contribution in [3.63, 3.8) is 0 Å². The number of nitrogens with zero attached hydrogens (tertiary/aromatic N) is 4. The first-order valence-corrected chi connectivity index (χ1v) is 41.1. The van der Waals surface area contributed by atoms with Crippen LogP contribution in [0.2, 0.25) is 0 Å². The summed E-state index contributed by atoms with van der Waals surface area (Å²) in [5.41, 5.74) is 6.52. The smallest absolute Gasteiger partial charge is 0.261 e. The molecule has 0 aromatic heterocycles. The summed E-state index contributed by atoms with van der Waals surface area (Å²) in [6.07, 6.45) is 7.95. The molecular weight excluding hydrogens is 1490 g/mol. The van der Waals surface area contributed by atoms with E-state index in [1.165, 1.54) is 19.6 Å². The SMILES string of the molecule is O=C1c2ccccc2C(=O)N1CCCCC1COC(c2ccc(OCCC(CCOc3ccc(C4OCC(CCCCN5C(=O)c6ccccc6C5=O)O4)cc3)(CCOc3ccc(C4OCC(CCCCN5C(=O)c6ccccc6C5=O)O4)cc3)CCOc3ccc(C4OCC(CCCCN5C(=O)c6ccccc6C5=O)O4)cc3)cc2)O1. The quantitative estimate of drug-likeness (QED) is 0.0255. The van der Waals surface area contributed by atoms with Crippen molar-refractivity contribution in [3.05, 3.63) is 261 Å². The van der Waals surface area contributed by atoms with Crippen molar-refractivity contribution in [1.82, 2.24) is 19.6 Å². The van der Waals surface area contributed by atoms with E-state index in [0.29, 0.717) is 224 Å². The Morgan fingerprint density at radius 2 is 0.444 bits per heavy atom. The van der Waals surface area contributed by atoms with Crippen molar-refractivity contribution in [2.24, 2.45) is 5.41 Å². The molecule has 16 rings (SSSR count). The lowest BCUT2D eigenvalue weighted by atomic mass is 9.76. The number of unbranched alkanes of at least 4 members (excludes halogenated alkanes) is 4. The van der Waals surface area contributed by atoms with E-state index >= 15 is 0 Å². The number of ether oxygens (including phenoxy) is 12. The zero-order valence-electron chi connectivity index (χ0n) is 65.3. The van der Waals surface area contributed by atoms with E-state index in [2.05, 4.69) is 0 Å². The predicted octanol–water partition coefficient (Wildman–Crippen LogP) is 15.4. The average molecular weight is 1590 g/mol. The number of amides is 8. The van der Waals surface area contributed by atoms with Crippen LogP contribution in [0.25, 0.3) is 0 Å². The summed E-state index contributed by atoms with van der Waals surface area (Å²) < 4.78 is 76.7. The summed E-state index contributed by atoms with van der Waals surface area (Å²) >= 11 is 0. The zero-order valence-corrected chi connectivity index (χ0v) is 65.3. The number of hydrogen-bond acceptors (Lipinski definition) is 20. The normalized spacial score (nSPS) is 21.9. The number of fused-ring (bicyclic) bond motifs is 4. The zero-order chi connectivity index (χ0) is 80.2. The first kappa shape index (κ1) is 80.0. The van der Waals surface area contributed by atoms with E-state index in [0.717, 1.165) is 47.9 Å². The van der Waals surface area contributed by atoms with Crippen molar-refractivity contribution < 1.29 is 95.2 Å². The summed E-state index contributed by atoms with van der Waals surface area (Å²) in [7, 11) is 0. The molecule has 608 valence electrons. The van der Waals surface area contributed by atoms with Gasteiger partial charge in [-0.05, 0) is 205 Å². The third kappa shape index (κ3) is 18.6. The number of hydrogen-bond donors (Lipinski definition) is 0. The van der Waals surface area contributed by atoms with Gasteiger partial charge in [0.05, 0.1) is 122 Å². The van der Waals surface area contributed by atoms with Crippen LogP contribution in [-0.2, 0) is 37.9 Å². The number of carbonyl (C=O) groups excluding carboxylic acids is 8. The number of rotatable bonds is 40. The van der Waals surface area contributed by atoms with Gasteiger partial charge in [0.15, 0.2) is 25.2 Å². The molecule has 8 atom stereocenters. The maximum atomic E-state index is 13.0. The molecule has 0 aliphatic carbocycles. The number of carbonyl (C=O) groups is 8. The third-order valence-electron chi connectivity index (χ3n) is 23.4. The molecule has 8 heterocycles. The van der Waals surface area contributed by atoms with Crippen LogP contribution in [0.15, 0.2) is 194 Å². The van der Waals surface area contributed by atoms with Gasteiger partial charge in [0.2, 0.25) is 0 Å². The molecule has 24 nitrogen and oxygen atoms in total. The van der Waals surface area contributed by atoms with Gasteiger partial charge in [-0.3, -0.25) is 58.0 Å². The topological polar surface area (TPSA) is 260 Å². The van der Waals surface area contributed by atoms with Crippen LogP contribution in [-0.4, -0.2) is 170 Å². The molecule has 0 radical (unpaired) electrons. The molecule has 8 aromatic carbocycles. The van der Waals surface area contributed by atoms with Gasteiger partial charge in [0.1, 0.15) is 23.0 Å². The minimum Gasteiger partial charge on any atom is -0.494 e. The fourth-order valence-corrected chi connectivity index (χ4v) is 16.6. The van der Waals surface area contributed by atoms with Crippen LogP contribution >= 0.6 is 0 Å². The largest absolute Gasteiger partial charge is 0.494 e. The number of imide groups is 4. The maximum absolute atomic E-state index is 13.0. The van der Waals surface area contributed by atoms with Gasteiger partial charge in [-0.2, -0.15) is 0 Å². The van der Waals surface area contributed by atoms with Crippen molar-refractivity contribution in [2.45, 2.75) is 152 Å². The fraction of sp³-hybridized carbons (Fsp3) is 0.398.